The maximum absolute atomic E-state index is 13.1. The Morgan fingerprint density at radius 2 is 1.62 bits per heavy atom. The van der Waals surface area contributed by atoms with Gasteiger partial charge in [-0.1, -0.05) is 6.07 Å². The molecule has 2 aliphatic rings. The Bertz CT molecular complexity index is 856. The second-order valence-corrected chi connectivity index (χ2v) is 7.22. The average molecular weight is 445 g/mol. The second-order valence-electron chi connectivity index (χ2n) is 7.22. The molecule has 0 saturated carbocycles. The zero-order valence-corrected chi connectivity index (χ0v) is 17.6. The number of hydrogen-bond donors (Lipinski definition) is 2. The average Bonchev–Trinajstić information content (AvgIpc) is 3.30. The summed E-state index contributed by atoms with van der Waals surface area (Å²) in [5.74, 6) is 0.207. The number of nitrogens with zero attached hydrogens (tertiary/aromatic N) is 5. The van der Waals surface area contributed by atoms with Crippen LogP contribution in [0.1, 0.15) is 25.0 Å². The van der Waals surface area contributed by atoms with Crippen LogP contribution in [0.3, 0.4) is 0 Å². The van der Waals surface area contributed by atoms with E-state index < -0.39 is 5.54 Å². The fraction of sp³-hybridized carbons (Fsp3) is 0.429. The molecule has 2 aromatic heterocycles. The predicted molar refractivity (Wildman–Crippen MR) is 113 cm³/mol. The van der Waals surface area contributed by atoms with Crippen molar-refractivity contribution in [1.29, 1.82) is 0 Å². The molecule has 4 rings (SSSR count). The first-order chi connectivity index (χ1) is 15.5. The van der Waals surface area contributed by atoms with Crippen LogP contribution in [0.5, 0.6) is 0 Å². The SMILES string of the molecule is O=C(Cc1ccccn1)N1CCC(C(=O)N2CCC2)(n2cccn2)CC1.O=CO.O=CO. The molecular formula is C21H27N5O6. The van der Waals surface area contributed by atoms with Crippen molar-refractivity contribution in [2.45, 2.75) is 31.2 Å². The van der Waals surface area contributed by atoms with Gasteiger partial charge in [0.05, 0.1) is 6.42 Å². The number of piperidine rings is 1. The van der Waals surface area contributed by atoms with E-state index in [1.807, 2.05) is 40.3 Å². The topological polar surface area (TPSA) is 146 Å². The molecule has 172 valence electrons. The van der Waals surface area contributed by atoms with Crippen LogP contribution < -0.4 is 0 Å². The number of aromatic nitrogens is 3. The van der Waals surface area contributed by atoms with Crippen molar-refractivity contribution in [1.82, 2.24) is 24.6 Å². The number of amides is 2. The number of carbonyl (C=O) groups is 4. The van der Waals surface area contributed by atoms with Crippen LogP contribution in [0.2, 0.25) is 0 Å². The van der Waals surface area contributed by atoms with Crippen LogP contribution in [-0.4, -0.2) is 85.7 Å². The molecule has 2 aliphatic heterocycles. The molecule has 0 radical (unpaired) electrons. The van der Waals surface area contributed by atoms with E-state index in [0.29, 0.717) is 32.4 Å². The van der Waals surface area contributed by atoms with Crippen LogP contribution >= 0.6 is 0 Å². The van der Waals surface area contributed by atoms with Crippen LogP contribution in [0, 0.1) is 0 Å². The van der Waals surface area contributed by atoms with Crippen LogP contribution in [-0.2, 0) is 31.1 Å². The molecule has 32 heavy (non-hydrogen) atoms. The molecular weight excluding hydrogens is 418 g/mol. The Morgan fingerprint density at radius 1 is 0.969 bits per heavy atom. The molecule has 4 heterocycles. The van der Waals surface area contributed by atoms with Gasteiger partial charge in [0.15, 0.2) is 0 Å². The zero-order chi connectivity index (χ0) is 23.4. The first-order valence-electron chi connectivity index (χ1n) is 10.1. The van der Waals surface area contributed by atoms with Gasteiger partial charge in [0.2, 0.25) is 5.91 Å². The van der Waals surface area contributed by atoms with Gasteiger partial charge in [-0.05, 0) is 37.5 Å². The highest BCUT2D eigenvalue weighted by atomic mass is 16.3. The number of carbonyl (C=O) groups excluding carboxylic acids is 2. The van der Waals surface area contributed by atoms with Crippen LogP contribution in [0.4, 0.5) is 0 Å². The minimum Gasteiger partial charge on any atom is -0.483 e. The lowest BCUT2D eigenvalue weighted by Gasteiger charge is -2.45. The Kier molecular flexibility index (Phi) is 9.33. The van der Waals surface area contributed by atoms with E-state index >= 15 is 0 Å². The van der Waals surface area contributed by atoms with Crippen molar-refractivity contribution in [3.8, 4) is 0 Å². The molecule has 2 amide bonds. The summed E-state index contributed by atoms with van der Waals surface area (Å²) in [4.78, 5) is 50.4. The highest BCUT2D eigenvalue weighted by molar-refractivity contribution is 5.86. The highest BCUT2D eigenvalue weighted by Crippen LogP contribution is 2.33. The van der Waals surface area contributed by atoms with Gasteiger partial charge in [0, 0.05) is 50.5 Å². The van der Waals surface area contributed by atoms with Gasteiger partial charge in [-0.2, -0.15) is 5.10 Å². The van der Waals surface area contributed by atoms with E-state index in [9.17, 15) is 9.59 Å². The van der Waals surface area contributed by atoms with E-state index in [0.717, 1.165) is 25.2 Å². The number of hydrogen-bond acceptors (Lipinski definition) is 6. The predicted octanol–water partition coefficient (Wildman–Crippen LogP) is 0.472. The van der Waals surface area contributed by atoms with E-state index in [1.54, 1.807) is 17.1 Å². The van der Waals surface area contributed by atoms with Crippen molar-refractivity contribution >= 4 is 24.8 Å². The Hall–Kier alpha value is -3.76. The lowest BCUT2D eigenvalue weighted by molar-refractivity contribution is -0.150. The second kappa shape index (κ2) is 12.2. The lowest BCUT2D eigenvalue weighted by atomic mass is 9.85. The molecule has 0 bridgehead atoms. The monoisotopic (exact) mass is 445 g/mol. The summed E-state index contributed by atoms with van der Waals surface area (Å²) in [6.07, 6.45) is 7.83. The minimum absolute atomic E-state index is 0.0640. The fourth-order valence-corrected chi connectivity index (χ4v) is 3.77. The van der Waals surface area contributed by atoms with E-state index in [2.05, 4.69) is 10.1 Å². The fourth-order valence-electron chi connectivity index (χ4n) is 3.77. The summed E-state index contributed by atoms with van der Waals surface area (Å²) < 4.78 is 1.80. The lowest BCUT2D eigenvalue weighted by Crippen LogP contribution is -2.59. The molecule has 2 saturated heterocycles. The molecule has 0 aliphatic carbocycles. The summed E-state index contributed by atoms with van der Waals surface area (Å²) in [7, 11) is 0. The van der Waals surface area contributed by atoms with E-state index in [4.69, 9.17) is 19.8 Å². The molecule has 0 unspecified atom stereocenters. The maximum atomic E-state index is 13.1. The first kappa shape index (κ1) is 24.5. The Balaban J connectivity index is 0.000000547. The quantitative estimate of drug-likeness (QED) is 0.646. The van der Waals surface area contributed by atoms with E-state index in [1.165, 1.54) is 0 Å². The van der Waals surface area contributed by atoms with Gasteiger partial charge in [0.1, 0.15) is 5.54 Å². The molecule has 11 nitrogen and oxygen atoms in total. The number of pyridine rings is 1. The van der Waals surface area contributed by atoms with Crippen LogP contribution in [0.25, 0.3) is 0 Å². The summed E-state index contributed by atoms with van der Waals surface area (Å²) >= 11 is 0. The van der Waals surface area contributed by atoms with Crippen LogP contribution in [0.15, 0.2) is 42.9 Å². The minimum atomic E-state index is -0.661. The first-order valence-corrected chi connectivity index (χ1v) is 10.1. The van der Waals surface area contributed by atoms with Gasteiger partial charge >= 0.3 is 0 Å². The van der Waals surface area contributed by atoms with Gasteiger partial charge in [-0.3, -0.25) is 28.8 Å². The summed E-state index contributed by atoms with van der Waals surface area (Å²) in [6.45, 7) is 2.27. The van der Waals surface area contributed by atoms with E-state index in [-0.39, 0.29) is 24.8 Å². The standard InChI is InChI=1S/C19H23N5O2.2CH2O2/c25-17(15-16-5-1-2-8-20-16)22-13-6-19(7-14-22,24-12-3-9-21-24)18(26)23-10-4-11-23;2*2-1-3/h1-3,5,8-9,12H,4,6-7,10-11,13-15H2;2*1H,(H,2,3). The third-order valence-electron chi connectivity index (χ3n) is 5.49. The Labute approximate surface area is 185 Å². The van der Waals surface area contributed by atoms with Gasteiger partial charge in [-0.15, -0.1) is 0 Å². The van der Waals surface area contributed by atoms with Crippen molar-refractivity contribution in [3.63, 3.8) is 0 Å². The van der Waals surface area contributed by atoms with Crippen molar-refractivity contribution in [2.75, 3.05) is 26.2 Å². The Morgan fingerprint density at radius 3 is 2.09 bits per heavy atom. The third-order valence-corrected chi connectivity index (χ3v) is 5.49. The molecule has 2 N–H and O–H groups in total. The van der Waals surface area contributed by atoms with Crippen molar-refractivity contribution in [3.05, 3.63) is 48.5 Å². The molecule has 0 spiro atoms. The largest absolute Gasteiger partial charge is 0.483 e. The molecule has 2 aromatic rings. The summed E-state index contributed by atoms with van der Waals surface area (Å²) in [5, 5.41) is 18.1. The summed E-state index contributed by atoms with van der Waals surface area (Å²) in [6, 6.07) is 7.45. The van der Waals surface area contributed by atoms with Crippen molar-refractivity contribution in [2.24, 2.45) is 0 Å². The third kappa shape index (κ3) is 5.90. The zero-order valence-electron chi connectivity index (χ0n) is 17.6. The normalized spacial score (nSPS) is 16.2. The molecule has 11 heteroatoms. The van der Waals surface area contributed by atoms with Gasteiger partial charge < -0.3 is 20.0 Å². The van der Waals surface area contributed by atoms with Crippen molar-refractivity contribution < 1.29 is 29.4 Å². The molecule has 0 atom stereocenters. The summed E-state index contributed by atoms with van der Waals surface area (Å²) in [5.41, 5.74) is 0.115. The molecule has 2 fully saturated rings. The smallest absolute Gasteiger partial charge is 0.290 e. The number of carboxylic acid groups (broad SMARTS) is 2. The van der Waals surface area contributed by atoms with Gasteiger partial charge in [-0.25, -0.2) is 0 Å². The number of likely N-dealkylation sites (tertiary alicyclic amines) is 2. The molecule has 0 aromatic carbocycles. The van der Waals surface area contributed by atoms with Gasteiger partial charge in [0.25, 0.3) is 18.9 Å². The number of rotatable bonds is 4. The highest BCUT2D eigenvalue weighted by Gasteiger charge is 2.47. The maximum Gasteiger partial charge on any atom is 0.290 e.